The summed E-state index contributed by atoms with van der Waals surface area (Å²) in [5.41, 5.74) is 4.52. The number of hydrogen-bond acceptors (Lipinski definition) is 4. The summed E-state index contributed by atoms with van der Waals surface area (Å²) in [4.78, 5) is 25.8. The maximum absolute atomic E-state index is 13.3. The third-order valence-electron chi connectivity index (χ3n) is 5.89. The van der Waals surface area contributed by atoms with Crippen molar-refractivity contribution in [1.82, 2.24) is 20.4 Å². The number of ether oxygens (including phenoxy) is 1. The number of halogens is 1. The molecule has 4 aromatic rings. The van der Waals surface area contributed by atoms with Gasteiger partial charge in [0.05, 0.1) is 23.0 Å². The van der Waals surface area contributed by atoms with Crippen LogP contribution < -0.4 is 10.6 Å². The van der Waals surface area contributed by atoms with Gasteiger partial charge in [-0.15, -0.1) is 0 Å². The number of benzene rings is 3. The van der Waals surface area contributed by atoms with Crippen LogP contribution in [0, 0.1) is 0 Å². The first kappa shape index (κ1) is 23.4. The number of carbonyl (C=O) groups is 2. The summed E-state index contributed by atoms with van der Waals surface area (Å²) >= 11 is 6.12. The number of esters is 1. The van der Waals surface area contributed by atoms with Crippen LogP contribution >= 0.6 is 11.6 Å². The van der Waals surface area contributed by atoms with Crippen LogP contribution in [0.25, 0.3) is 16.9 Å². The molecular weight excluding hydrogens is 476 g/mol. The molecule has 0 fully saturated rings. The van der Waals surface area contributed by atoms with Crippen molar-refractivity contribution in [3.63, 3.8) is 0 Å². The maximum Gasteiger partial charge on any atom is 0.338 e. The molecule has 1 aromatic heterocycles. The number of para-hydroxylation sites is 1. The van der Waals surface area contributed by atoms with Crippen LogP contribution in [0.1, 0.15) is 24.1 Å². The van der Waals surface area contributed by atoms with Gasteiger partial charge >= 0.3 is 12.0 Å². The molecule has 1 aliphatic heterocycles. The van der Waals surface area contributed by atoms with Crippen LogP contribution in [0.5, 0.6) is 0 Å². The molecule has 7 nitrogen and oxygen atoms in total. The van der Waals surface area contributed by atoms with Gasteiger partial charge in [0.2, 0.25) is 0 Å². The second kappa shape index (κ2) is 10.1. The summed E-state index contributed by atoms with van der Waals surface area (Å²) in [5, 5.41) is 11.0. The Morgan fingerprint density at radius 3 is 2.36 bits per heavy atom. The monoisotopic (exact) mass is 498 g/mol. The first-order chi connectivity index (χ1) is 17.5. The number of urea groups is 1. The maximum atomic E-state index is 13.3. The lowest BCUT2D eigenvalue weighted by Crippen LogP contribution is -2.45. The standard InChI is InChI=1S/C28H23ClN4O3/c1-18-24(27(34)36-17-19-8-4-2-5-9-19)26(31-28(35)30-18)23-16-33(22-10-6-3-7-11-22)32-25(23)20-12-14-21(29)15-13-20/h2-16,26H,17H2,1H3,(H2,30,31,35)/t26-/m1/s1. The van der Waals surface area contributed by atoms with E-state index in [1.807, 2.05) is 79.0 Å². The Bertz CT molecular complexity index is 1430. The van der Waals surface area contributed by atoms with E-state index >= 15 is 0 Å². The summed E-state index contributed by atoms with van der Waals surface area (Å²) in [6.45, 7) is 1.80. The van der Waals surface area contributed by atoms with Crippen molar-refractivity contribution >= 4 is 23.6 Å². The molecule has 36 heavy (non-hydrogen) atoms. The van der Waals surface area contributed by atoms with Gasteiger partial charge < -0.3 is 15.4 Å². The zero-order valence-corrected chi connectivity index (χ0v) is 20.2. The minimum absolute atomic E-state index is 0.116. The molecule has 180 valence electrons. The van der Waals surface area contributed by atoms with Crippen molar-refractivity contribution < 1.29 is 14.3 Å². The average Bonchev–Trinajstić information content (AvgIpc) is 3.34. The zero-order chi connectivity index (χ0) is 25.1. The molecule has 8 heteroatoms. The summed E-state index contributed by atoms with van der Waals surface area (Å²) in [5.74, 6) is -0.525. The molecule has 3 aromatic carbocycles. The molecule has 2 amide bonds. The lowest BCUT2D eigenvalue weighted by atomic mass is 9.94. The predicted octanol–water partition coefficient (Wildman–Crippen LogP) is 5.56. The Labute approximate surface area is 213 Å². The number of hydrogen-bond donors (Lipinski definition) is 2. The Hall–Kier alpha value is -4.36. The normalized spacial score (nSPS) is 15.3. The van der Waals surface area contributed by atoms with E-state index in [4.69, 9.17) is 21.4 Å². The van der Waals surface area contributed by atoms with E-state index in [0.717, 1.165) is 16.8 Å². The number of allylic oxidation sites excluding steroid dienone is 1. The number of nitrogens with one attached hydrogen (secondary N) is 2. The fourth-order valence-electron chi connectivity index (χ4n) is 4.14. The first-order valence-electron chi connectivity index (χ1n) is 11.4. The van der Waals surface area contributed by atoms with Crippen molar-refractivity contribution in [3.8, 4) is 16.9 Å². The van der Waals surface area contributed by atoms with Gasteiger partial charge in [0.25, 0.3) is 0 Å². The third-order valence-corrected chi connectivity index (χ3v) is 6.15. The average molecular weight is 499 g/mol. The van der Waals surface area contributed by atoms with Gasteiger partial charge in [-0.3, -0.25) is 0 Å². The molecule has 2 heterocycles. The number of carbonyl (C=O) groups excluding carboxylic acids is 2. The molecule has 0 bridgehead atoms. The quantitative estimate of drug-likeness (QED) is 0.341. The van der Waals surface area contributed by atoms with Crippen molar-refractivity contribution in [2.24, 2.45) is 0 Å². The summed E-state index contributed by atoms with van der Waals surface area (Å²) in [6.07, 6.45) is 1.83. The highest BCUT2D eigenvalue weighted by atomic mass is 35.5. The van der Waals surface area contributed by atoms with Crippen LogP contribution in [-0.4, -0.2) is 21.8 Å². The SMILES string of the molecule is CC1=C(C(=O)OCc2ccccc2)[C@@H](c2cn(-c3ccccc3)nc2-c2ccc(Cl)cc2)NC(=O)N1. The van der Waals surface area contributed by atoms with Gasteiger partial charge in [-0.1, -0.05) is 72.3 Å². The van der Waals surface area contributed by atoms with Crippen molar-refractivity contribution in [1.29, 1.82) is 0 Å². The predicted molar refractivity (Wildman–Crippen MR) is 137 cm³/mol. The Balaban J connectivity index is 1.57. The molecule has 1 atom stereocenters. The van der Waals surface area contributed by atoms with Crippen LogP contribution in [0.2, 0.25) is 5.02 Å². The zero-order valence-electron chi connectivity index (χ0n) is 19.4. The molecule has 2 N–H and O–H groups in total. The highest BCUT2D eigenvalue weighted by molar-refractivity contribution is 6.30. The lowest BCUT2D eigenvalue weighted by Gasteiger charge is -2.28. The number of aromatic nitrogens is 2. The van der Waals surface area contributed by atoms with Crippen LogP contribution in [-0.2, 0) is 16.1 Å². The first-order valence-corrected chi connectivity index (χ1v) is 11.8. The highest BCUT2D eigenvalue weighted by Crippen LogP contribution is 2.35. The smallest absolute Gasteiger partial charge is 0.338 e. The Morgan fingerprint density at radius 2 is 1.67 bits per heavy atom. The molecule has 5 rings (SSSR count). The Kier molecular flexibility index (Phi) is 6.56. The van der Waals surface area contributed by atoms with E-state index in [9.17, 15) is 9.59 Å². The van der Waals surface area contributed by atoms with Crippen molar-refractivity contribution in [3.05, 3.63) is 119 Å². The minimum Gasteiger partial charge on any atom is -0.457 e. The summed E-state index contributed by atoms with van der Waals surface area (Å²) in [7, 11) is 0. The van der Waals surface area contributed by atoms with E-state index in [2.05, 4.69) is 10.6 Å². The largest absolute Gasteiger partial charge is 0.457 e. The third kappa shape index (κ3) is 4.87. The molecule has 0 saturated carbocycles. The molecular formula is C28H23ClN4O3. The molecule has 0 saturated heterocycles. The van der Waals surface area contributed by atoms with Crippen LogP contribution in [0.3, 0.4) is 0 Å². The number of rotatable bonds is 6. The molecule has 0 unspecified atom stereocenters. The minimum atomic E-state index is -0.773. The molecule has 0 aliphatic carbocycles. The lowest BCUT2D eigenvalue weighted by molar-refractivity contribution is -0.140. The van der Waals surface area contributed by atoms with E-state index < -0.39 is 18.0 Å². The second-order valence-electron chi connectivity index (χ2n) is 8.35. The Morgan fingerprint density at radius 1 is 1.00 bits per heavy atom. The van der Waals surface area contributed by atoms with E-state index in [-0.39, 0.29) is 6.61 Å². The number of nitrogens with zero attached hydrogens (tertiary/aromatic N) is 2. The van der Waals surface area contributed by atoms with Gasteiger partial charge in [0.1, 0.15) is 6.61 Å². The summed E-state index contributed by atoms with van der Waals surface area (Å²) < 4.78 is 7.38. The topological polar surface area (TPSA) is 85.2 Å². The van der Waals surface area contributed by atoms with E-state index in [1.165, 1.54) is 0 Å². The van der Waals surface area contributed by atoms with Crippen molar-refractivity contribution in [2.75, 3.05) is 0 Å². The van der Waals surface area contributed by atoms with Crippen LogP contribution in [0.15, 0.2) is 102 Å². The van der Waals surface area contributed by atoms with Crippen molar-refractivity contribution in [2.45, 2.75) is 19.6 Å². The van der Waals surface area contributed by atoms with E-state index in [1.54, 1.807) is 23.7 Å². The van der Waals surface area contributed by atoms with E-state index in [0.29, 0.717) is 27.6 Å². The number of amides is 2. The van der Waals surface area contributed by atoms with Gasteiger partial charge in [-0.2, -0.15) is 5.10 Å². The van der Waals surface area contributed by atoms with Gasteiger partial charge in [-0.25, -0.2) is 14.3 Å². The fraction of sp³-hybridized carbons (Fsp3) is 0.107. The van der Waals surface area contributed by atoms with Gasteiger partial charge in [-0.05, 0) is 36.8 Å². The fourth-order valence-corrected chi connectivity index (χ4v) is 4.27. The molecule has 0 spiro atoms. The van der Waals surface area contributed by atoms with Crippen LogP contribution in [0.4, 0.5) is 4.79 Å². The van der Waals surface area contributed by atoms with Gasteiger partial charge in [0, 0.05) is 28.0 Å². The second-order valence-corrected chi connectivity index (χ2v) is 8.79. The molecule has 1 aliphatic rings. The summed E-state index contributed by atoms with van der Waals surface area (Å²) in [6, 6.07) is 25.1. The van der Waals surface area contributed by atoms with Gasteiger partial charge in [0.15, 0.2) is 0 Å². The highest BCUT2D eigenvalue weighted by Gasteiger charge is 2.35. The molecule has 0 radical (unpaired) electrons.